The highest BCUT2D eigenvalue weighted by molar-refractivity contribution is 9.10. The van der Waals surface area contributed by atoms with Gasteiger partial charge in [0, 0.05) is 28.3 Å². The predicted octanol–water partition coefficient (Wildman–Crippen LogP) is 3.43. The molecule has 2 N–H and O–H groups in total. The third-order valence-electron chi connectivity index (χ3n) is 4.47. The summed E-state index contributed by atoms with van der Waals surface area (Å²) in [4.78, 5) is 14.5. The molecule has 0 spiro atoms. The van der Waals surface area contributed by atoms with Gasteiger partial charge >= 0.3 is 0 Å². The molecule has 5 heteroatoms. The van der Waals surface area contributed by atoms with Crippen molar-refractivity contribution >= 4 is 33.2 Å². The van der Waals surface area contributed by atoms with E-state index >= 15 is 0 Å². The lowest BCUT2D eigenvalue weighted by atomic mass is 10.0. The summed E-state index contributed by atoms with van der Waals surface area (Å²) >= 11 is 3.70. The van der Waals surface area contributed by atoms with Crippen LogP contribution in [-0.2, 0) is 4.79 Å². The minimum atomic E-state index is -0.228. The van der Waals surface area contributed by atoms with Gasteiger partial charge in [0.05, 0.1) is 5.69 Å². The molecule has 114 valence electrons. The number of carbonyl (C=O) groups is 1. The van der Waals surface area contributed by atoms with E-state index in [0.717, 1.165) is 28.8 Å². The monoisotopic (exact) mass is 351 g/mol. The molecule has 1 amide bonds. The number of rotatable bonds is 3. The third-order valence-corrected chi connectivity index (χ3v) is 5.11. The van der Waals surface area contributed by atoms with Crippen LogP contribution in [0, 0.1) is 0 Å². The molecule has 0 aromatic heterocycles. The number of anilines is 2. The number of halogens is 1. The van der Waals surface area contributed by atoms with Crippen LogP contribution in [0.5, 0.6) is 0 Å². The second kappa shape index (κ2) is 5.97. The molecule has 2 heterocycles. The molecule has 2 unspecified atom stereocenters. The lowest BCUT2D eigenvalue weighted by Crippen LogP contribution is -2.37. The normalized spacial score (nSPS) is 24.9. The molecule has 1 saturated heterocycles. The first-order valence-corrected chi connectivity index (χ1v) is 8.55. The van der Waals surface area contributed by atoms with E-state index < -0.39 is 0 Å². The van der Waals surface area contributed by atoms with E-state index in [9.17, 15) is 4.79 Å². The first kappa shape index (κ1) is 14.9. The Bertz CT molecular complexity index is 561. The van der Waals surface area contributed by atoms with Gasteiger partial charge in [-0.2, -0.15) is 0 Å². The van der Waals surface area contributed by atoms with Gasteiger partial charge in [-0.25, -0.2) is 0 Å². The Balaban J connectivity index is 1.95. The highest BCUT2D eigenvalue weighted by Crippen LogP contribution is 2.40. The minimum Gasteiger partial charge on any atom is -0.368 e. The van der Waals surface area contributed by atoms with Gasteiger partial charge < -0.3 is 15.5 Å². The summed E-state index contributed by atoms with van der Waals surface area (Å²) in [5.74, 6) is 0.0441. The first-order valence-electron chi connectivity index (χ1n) is 7.76. The van der Waals surface area contributed by atoms with Crippen LogP contribution in [0.3, 0.4) is 0 Å². The molecule has 1 aromatic carbocycles. The van der Waals surface area contributed by atoms with E-state index in [2.05, 4.69) is 50.5 Å². The number of likely N-dealkylation sites (N-methyl/N-ethyl adjacent to an activating group) is 1. The van der Waals surface area contributed by atoms with E-state index in [-0.39, 0.29) is 11.9 Å². The quantitative estimate of drug-likeness (QED) is 0.876. The highest BCUT2D eigenvalue weighted by Gasteiger charge is 2.32. The van der Waals surface area contributed by atoms with Crippen molar-refractivity contribution in [1.29, 1.82) is 0 Å². The van der Waals surface area contributed by atoms with E-state index in [4.69, 9.17) is 0 Å². The molecule has 2 aliphatic rings. The molecule has 0 saturated carbocycles. The molecule has 3 rings (SSSR count). The lowest BCUT2D eigenvalue weighted by Gasteiger charge is -2.36. The van der Waals surface area contributed by atoms with Gasteiger partial charge in [-0.15, -0.1) is 0 Å². The van der Waals surface area contributed by atoms with Gasteiger partial charge in [0.15, 0.2) is 0 Å². The zero-order valence-corrected chi connectivity index (χ0v) is 14.2. The van der Waals surface area contributed by atoms with Gasteiger partial charge in [0.25, 0.3) is 0 Å². The van der Waals surface area contributed by atoms with Gasteiger partial charge in [0.2, 0.25) is 5.91 Å². The summed E-state index contributed by atoms with van der Waals surface area (Å²) in [5.41, 5.74) is 3.18. The minimum absolute atomic E-state index is 0.0441. The zero-order valence-electron chi connectivity index (χ0n) is 12.6. The second-order valence-corrected chi connectivity index (χ2v) is 6.76. The fourth-order valence-electron chi connectivity index (χ4n) is 3.35. The molecule has 2 aliphatic heterocycles. The number of nitrogens with zero attached hydrogens (tertiary/aromatic N) is 1. The molecule has 1 fully saturated rings. The Morgan fingerprint density at radius 3 is 2.95 bits per heavy atom. The predicted molar refractivity (Wildman–Crippen MR) is 89.8 cm³/mol. The maximum absolute atomic E-state index is 12.1. The van der Waals surface area contributed by atoms with Crippen molar-refractivity contribution in [2.24, 2.45) is 0 Å². The fraction of sp³-hybridized carbons (Fsp3) is 0.562. The van der Waals surface area contributed by atoms with Crippen molar-refractivity contribution < 1.29 is 4.79 Å². The second-order valence-electron chi connectivity index (χ2n) is 5.91. The molecule has 0 bridgehead atoms. The van der Waals surface area contributed by atoms with Gasteiger partial charge in [0.1, 0.15) is 6.04 Å². The number of nitrogens with one attached hydrogen (secondary N) is 2. The van der Waals surface area contributed by atoms with Crippen LogP contribution in [0.4, 0.5) is 11.4 Å². The van der Waals surface area contributed by atoms with Gasteiger partial charge in [-0.1, -0.05) is 6.92 Å². The molecule has 21 heavy (non-hydrogen) atoms. The lowest BCUT2D eigenvalue weighted by molar-refractivity contribution is -0.117. The summed E-state index contributed by atoms with van der Waals surface area (Å²) < 4.78 is 1.08. The van der Waals surface area contributed by atoms with Crippen LogP contribution >= 0.6 is 15.9 Å². The molecular formula is C16H22BrN3O. The number of piperidine rings is 1. The van der Waals surface area contributed by atoms with Crippen LogP contribution in [0.25, 0.3) is 0 Å². The average Bonchev–Trinajstić information content (AvgIpc) is 2.75. The van der Waals surface area contributed by atoms with Crippen LogP contribution in [0.2, 0.25) is 0 Å². The Morgan fingerprint density at radius 2 is 2.24 bits per heavy atom. The third kappa shape index (κ3) is 2.69. The number of hydrogen-bond donors (Lipinski definition) is 2. The zero-order chi connectivity index (χ0) is 15.0. The Hall–Kier alpha value is -1.07. The Morgan fingerprint density at radius 1 is 1.43 bits per heavy atom. The van der Waals surface area contributed by atoms with Crippen LogP contribution in [0.1, 0.15) is 44.7 Å². The highest BCUT2D eigenvalue weighted by atomic mass is 79.9. The Labute approximate surface area is 134 Å². The fourth-order valence-corrected chi connectivity index (χ4v) is 3.94. The van der Waals surface area contributed by atoms with E-state index in [1.807, 2.05) is 6.92 Å². The maximum atomic E-state index is 12.1. The van der Waals surface area contributed by atoms with Crippen LogP contribution < -0.4 is 15.5 Å². The standard InChI is InChI=1S/C16H22BrN3O/c1-3-18-15-11-8-12(17)14(9-13(11)19-16(15)21)20-7-5-4-6-10(20)2/h8-10,15,18H,3-7H2,1-2H3,(H,19,21). The van der Waals surface area contributed by atoms with Crippen molar-refractivity contribution in [3.05, 3.63) is 22.2 Å². The van der Waals surface area contributed by atoms with Crippen LogP contribution in [-0.4, -0.2) is 25.0 Å². The SMILES string of the molecule is CCNC1C(=O)Nc2cc(N3CCCCC3C)c(Br)cc21. The van der Waals surface area contributed by atoms with Gasteiger partial charge in [-0.3, -0.25) is 4.79 Å². The molecule has 0 aliphatic carbocycles. The van der Waals surface area contributed by atoms with E-state index in [1.165, 1.54) is 24.9 Å². The van der Waals surface area contributed by atoms with Crippen molar-refractivity contribution in [1.82, 2.24) is 5.32 Å². The van der Waals surface area contributed by atoms with Crippen molar-refractivity contribution in [3.8, 4) is 0 Å². The van der Waals surface area contributed by atoms with E-state index in [0.29, 0.717) is 6.04 Å². The summed E-state index contributed by atoms with van der Waals surface area (Å²) in [6.45, 7) is 6.16. The summed E-state index contributed by atoms with van der Waals surface area (Å²) in [6.07, 6.45) is 3.77. The first-order chi connectivity index (χ1) is 10.1. The molecule has 0 radical (unpaired) electrons. The van der Waals surface area contributed by atoms with Gasteiger partial charge in [-0.05, 0) is 60.8 Å². The number of amides is 1. The molecule has 4 nitrogen and oxygen atoms in total. The molecular weight excluding hydrogens is 330 g/mol. The maximum Gasteiger partial charge on any atom is 0.246 e. The number of fused-ring (bicyclic) bond motifs is 1. The van der Waals surface area contributed by atoms with Crippen molar-refractivity contribution in [3.63, 3.8) is 0 Å². The molecule has 1 aromatic rings. The number of hydrogen-bond acceptors (Lipinski definition) is 3. The number of carbonyl (C=O) groups excluding carboxylic acids is 1. The largest absolute Gasteiger partial charge is 0.368 e. The smallest absolute Gasteiger partial charge is 0.246 e. The summed E-state index contributed by atoms with van der Waals surface area (Å²) in [6, 6.07) is 4.54. The Kier molecular flexibility index (Phi) is 4.22. The average molecular weight is 352 g/mol. The van der Waals surface area contributed by atoms with Crippen molar-refractivity contribution in [2.45, 2.75) is 45.2 Å². The number of benzene rings is 1. The van der Waals surface area contributed by atoms with E-state index in [1.54, 1.807) is 0 Å². The topological polar surface area (TPSA) is 44.4 Å². The molecule has 2 atom stereocenters. The van der Waals surface area contributed by atoms with Crippen LogP contribution in [0.15, 0.2) is 16.6 Å². The summed E-state index contributed by atoms with van der Waals surface area (Å²) in [7, 11) is 0. The summed E-state index contributed by atoms with van der Waals surface area (Å²) in [5, 5.41) is 6.24. The van der Waals surface area contributed by atoms with Crippen molar-refractivity contribution in [2.75, 3.05) is 23.3 Å².